The highest BCUT2D eigenvalue weighted by Gasteiger charge is 2.06. The molecule has 1 atom stereocenters. The number of benzene rings is 1. The third kappa shape index (κ3) is 1.43. The van der Waals surface area contributed by atoms with Gasteiger partial charge in [0.15, 0.2) is 5.58 Å². The Hall–Kier alpha value is -1.59. The number of aromatic nitrogens is 1. The van der Waals surface area contributed by atoms with E-state index < -0.39 is 5.76 Å². The molecule has 5 nitrogen and oxygen atoms in total. The number of rotatable bonds is 2. The molecule has 0 amide bonds. The molecule has 0 aliphatic heterocycles. The van der Waals surface area contributed by atoms with Crippen LogP contribution in [0.4, 0.5) is 0 Å². The predicted octanol–water partition coefficient (Wildman–Crippen LogP) is 0.298. The largest absolute Gasteiger partial charge is 0.417 e. The molecule has 0 saturated heterocycles. The van der Waals surface area contributed by atoms with E-state index in [0.29, 0.717) is 11.1 Å². The zero-order valence-corrected chi connectivity index (χ0v) is 7.70. The van der Waals surface area contributed by atoms with Crippen LogP contribution in [-0.4, -0.2) is 12.0 Å². The van der Waals surface area contributed by atoms with Crippen LogP contribution in [0.5, 0.6) is 0 Å². The van der Waals surface area contributed by atoms with E-state index in [1.807, 2.05) is 6.07 Å². The Balaban J connectivity index is 2.55. The molecule has 14 heavy (non-hydrogen) atoms. The van der Waals surface area contributed by atoms with Gasteiger partial charge in [-0.3, -0.25) is 4.98 Å². The smallest absolute Gasteiger partial charge is 0.408 e. The van der Waals surface area contributed by atoms with Crippen LogP contribution in [0.2, 0.25) is 0 Å². The lowest BCUT2D eigenvalue weighted by atomic mass is 10.1. The van der Waals surface area contributed by atoms with Crippen molar-refractivity contribution in [3.05, 3.63) is 34.3 Å². The van der Waals surface area contributed by atoms with Gasteiger partial charge in [0.25, 0.3) is 0 Å². The van der Waals surface area contributed by atoms with E-state index in [0.717, 1.165) is 5.56 Å². The maximum atomic E-state index is 10.9. The summed E-state index contributed by atoms with van der Waals surface area (Å²) in [4.78, 5) is 13.4. The van der Waals surface area contributed by atoms with Gasteiger partial charge in [-0.2, -0.15) is 0 Å². The van der Waals surface area contributed by atoms with Crippen molar-refractivity contribution in [3.8, 4) is 0 Å². The molecule has 2 aromatic rings. The van der Waals surface area contributed by atoms with Gasteiger partial charge in [0.05, 0.1) is 11.7 Å². The fraction of sp³-hybridized carbons (Fsp3) is 0.222. The zero-order valence-electron chi connectivity index (χ0n) is 7.70. The SMILES string of the molecule is CNC(N)c1ccc2oc(=O)[nH]c2c1. The highest BCUT2D eigenvalue weighted by Crippen LogP contribution is 2.15. The molecule has 0 fully saturated rings. The summed E-state index contributed by atoms with van der Waals surface area (Å²) in [5.41, 5.74) is 7.87. The number of fused-ring (bicyclic) bond motifs is 1. The van der Waals surface area contributed by atoms with Crippen molar-refractivity contribution in [2.75, 3.05) is 7.05 Å². The molecule has 0 spiro atoms. The number of aromatic amines is 1. The molecule has 0 aliphatic rings. The van der Waals surface area contributed by atoms with Crippen LogP contribution >= 0.6 is 0 Å². The Morgan fingerprint density at radius 2 is 2.36 bits per heavy atom. The molecule has 1 aromatic heterocycles. The average molecular weight is 193 g/mol. The molecule has 1 aromatic carbocycles. The number of nitrogens with one attached hydrogen (secondary N) is 2. The molecule has 0 radical (unpaired) electrons. The zero-order chi connectivity index (χ0) is 10.1. The van der Waals surface area contributed by atoms with E-state index in [1.54, 1.807) is 19.2 Å². The lowest BCUT2D eigenvalue weighted by Crippen LogP contribution is -2.24. The Morgan fingerprint density at radius 3 is 3.07 bits per heavy atom. The van der Waals surface area contributed by atoms with Gasteiger partial charge in [0.1, 0.15) is 0 Å². The first-order valence-electron chi connectivity index (χ1n) is 4.26. The fourth-order valence-corrected chi connectivity index (χ4v) is 1.33. The Bertz CT molecular complexity index is 500. The maximum Gasteiger partial charge on any atom is 0.417 e. The first-order chi connectivity index (χ1) is 6.70. The molecule has 0 aliphatic carbocycles. The summed E-state index contributed by atoms with van der Waals surface area (Å²) in [6.07, 6.45) is -0.238. The normalized spacial score (nSPS) is 13.3. The van der Waals surface area contributed by atoms with Gasteiger partial charge >= 0.3 is 5.76 Å². The average Bonchev–Trinajstić information content (AvgIpc) is 2.55. The van der Waals surface area contributed by atoms with Crippen molar-refractivity contribution >= 4 is 11.1 Å². The van der Waals surface area contributed by atoms with Crippen molar-refractivity contribution in [3.63, 3.8) is 0 Å². The molecule has 74 valence electrons. The van der Waals surface area contributed by atoms with E-state index in [4.69, 9.17) is 10.2 Å². The monoisotopic (exact) mass is 193 g/mol. The van der Waals surface area contributed by atoms with Crippen molar-refractivity contribution in [2.45, 2.75) is 6.17 Å². The van der Waals surface area contributed by atoms with Gasteiger partial charge in [-0.05, 0) is 24.7 Å². The van der Waals surface area contributed by atoms with Crippen LogP contribution in [0.15, 0.2) is 27.4 Å². The van der Waals surface area contributed by atoms with Crippen molar-refractivity contribution in [1.82, 2.24) is 10.3 Å². The minimum Gasteiger partial charge on any atom is -0.408 e. The van der Waals surface area contributed by atoms with E-state index in [2.05, 4.69) is 10.3 Å². The quantitative estimate of drug-likeness (QED) is 0.599. The lowest BCUT2D eigenvalue weighted by molar-refractivity contribution is 0.555. The van der Waals surface area contributed by atoms with Gasteiger partial charge < -0.3 is 15.5 Å². The van der Waals surface area contributed by atoms with Crippen LogP contribution in [0.25, 0.3) is 11.1 Å². The van der Waals surface area contributed by atoms with E-state index >= 15 is 0 Å². The Labute approximate surface area is 79.9 Å². The molecule has 2 rings (SSSR count). The fourth-order valence-electron chi connectivity index (χ4n) is 1.33. The van der Waals surface area contributed by atoms with Crippen LogP contribution in [0.1, 0.15) is 11.7 Å². The third-order valence-corrected chi connectivity index (χ3v) is 2.11. The summed E-state index contributed by atoms with van der Waals surface area (Å²) in [5, 5.41) is 2.91. The number of hydrogen-bond acceptors (Lipinski definition) is 4. The highest BCUT2D eigenvalue weighted by atomic mass is 16.4. The second-order valence-corrected chi connectivity index (χ2v) is 3.04. The Kier molecular flexibility index (Phi) is 2.11. The molecule has 5 heteroatoms. The second-order valence-electron chi connectivity index (χ2n) is 3.04. The summed E-state index contributed by atoms with van der Waals surface area (Å²) in [6, 6.07) is 5.33. The van der Waals surface area contributed by atoms with Gasteiger partial charge in [-0.15, -0.1) is 0 Å². The lowest BCUT2D eigenvalue weighted by Gasteiger charge is -2.09. The standard InChI is InChI=1S/C9H11N3O2/c1-11-8(10)5-2-3-7-6(4-5)12-9(13)14-7/h2-4,8,11H,10H2,1H3,(H,12,13). The maximum absolute atomic E-state index is 10.9. The molecule has 0 saturated carbocycles. The van der Waals surface area contributed by atoms with E-state index in [9.17, 15) is 4.79 Å². The van der Waals surface area contributed by atoms with Crippen LogP contribution in [0.3, 0.4) is 0 Å². The number of hydrogen-bond donors (Lipinski definition) is 3. The second kappa shape index (κ2) is 3.28. The molecular weight excluding hydrogens is 182 g/mol. The van der Waals surface area contributed by atoms with Gasteiger partial charge in [0, 0.05) is 0 Å². The molecule has 1 heterocycles. The number of H-pyrrole nitrogens is 1. The summed E-state index contributed by atoms with van der Waals surface area (Å²) >= 11 is 0. The predicted molar refractivity (Wildman–Crippen MR) is 52.8 cm³/mol. The molecule has 0 bridgehead atoms. The number of nitrogens with two attached hydrogens (primary N) is 1. The highest BCUT2D eigenvalue weighted by molar-refractivity contribution is 5.72. The van der Waals surface area contributed by atoms with Crippen LogP contribution in [0, 0.1) is 0 Å². The number of oxazole rings is 1. The minimum absolute atomic E-state index is 0.238. The van der Waals surface area contributed by atoms with Crippen molar-refractivity contribution in [1.29, 1.82) is 0 Å². The minimum atomic E-state index is -0.449. The van der Waals surface area contributed by atoms with Gasteiger partial charge in [-0.25, -0.2) is 4.79 Å². The van der Waals surface area contributed by atoms with E-state index in [1.165, 1.54) is 0 Å². The summed E-state index contributed by atoms with van der Waals surface area (Å²) in [5.74, 6) is -0.449. The van der Waals surface area contributed by atoms with Gasteiger partial charge in [-0.1, -0.05) is 6.07 Å². The van der Waals surface area contributed by atoms with Crippen LogP contribution in [-0.2, 0) is 0 Å². The summed E-state index contributed by atoms with van der Waals surface area (Å²) in [7, 11) is 1.77. The topological polar surface area (TPSA) is 84.0 Å². The third-order valence-electron chi connectivity index (χ3n) is 2.11. The Morgan fingerprint density at radius 1 is 1.57 bits per heavy atom. The summed E-state index contributed by atoms with van der Waals surface area (Å²) < 4.78 is 4.86. The summed E-state index contributed by atoms with van der Waals surface area (Å²) in [6.45, 7) is 0. The molecule has 1 unspecified atom stereocenters. The molecule has 4 N–H and O–H groups in total. The first kappa shape index (κ1) is 8.98. The first-order valence-corrected chi connectivity index (χ1v) is 4.26. The van der Waals surface area contributed by atoms with Crippen molar-refractivity contribution < 1.29 is 4.42 Å². The van der Waals surface area contributed by atoms with Crippen molar-refractivity contribution in [2.24, 2.45) is 5.73 Å². The van der Waals surface area contributed by atoms with E-state index in [-0.39, 0.29) is 6.17 Å². The molecular formula is C9H11N3O2. The van der Waals surface area contributed by atoms with Crippen LogP contribution < -0.4 is 16.8 Å². The van der Waals surface area contributed by atoms with Gasteiger partial charge in [0.2, 0.25) is 0 Å².